The summed E-state index contributed by atoms with van der Waals surface area (Å²) in [6.07, 6.45) is 2.69. The van der Waals surface area contributed by atoms with Crippen LogP contribution in [0.5, 0.6) is 0 Å². The van der Waals surface area contributed by atoms with Crippen LogP contribution < -0.4 is 5.32 Å². The summed E-state index contributed by atoms with van der Waals surface area (Å²) in [5.41, 5.74) is 0.253. The molecule has 0 fully saturated rings. The van der Waals surface area contributed by atoms with E-state index in [0.29, 0.717) is 6.61 Å². The average molecular weight is 307 g/mol. The quantitative estimate of drug-likeness (QED) is 0.737. The van der Waals surface area contributed by atoms with Gasteiger partial charge in [0.2, 0.25) is 0 Å². The Hall–Kier alpha value is -1.10. The van der Waals surface area contributed by atoms with Gasteiger partial charge in [-0.05, 0) is 42.6 Å². The minimum absolute atomic E-state index is 0.253. The first kappa shape index (κ1) is 16.3. The molecule has 4 heteroatoms. The van der Waals surface area contributed by atoms with Crippen LogP contribution in [0.3, 0.4) is 0 Å². The van der Waals surface area contributed by atoms with E-state index in [1.54, 1.807) is 6.26 Å². The second kappa shape index (κ2) is 7.78. The van der Waals surface area contributed by atoms with Gasteiger partial charge in [-0.3, -0.25) is 0 Å². The Balaban J connectivity index is 1.54. The van der Waals surface area contributed by atoms with Crippen molar-refractivity contribution in [3.8, 4) is 0 Å². The summed E-state index contributed by atoms with van der Waals surface area (Å²) in [7, 11) is 0. The first-order valence-electron chi connectivity index (χ1n) is 7.46. The summed E-state index contributed by atoms with van der Waals surface area (Å²) >= 11 is 1.90. The van der Waals surface area contributed by atoms with E-state index in [0.717, 1.165) is 31.9 Å². The zero-order valence-electron chi connectivity index (χ0n) is 13.1. The molecular weight excluding hydrogens is 282 g/mol. The van der Waals surface area contributed by atoms with Crippen molar-refractivity contribution in [1.82, 2.24) is 5.32 Å². The molecule has 0 aliphatic rings. The smallest absolute Gasteiger partial charge is 0.129 e. The van der Waals surface area contributed by atoms with Crippen molar-refractivity contribution in [1.29, 1.82) is 0 Å². The van der Waals surface area contributed by atoms with E-state index in [2.05, 4.69) is 38.2 Å². The molecule has 21 heavy (non-hydrogen) atoms. The fraction of sp³-hybridized carbons (Fsp3) is 0.529. The second-order valence-electron chi connectivity index (χ2n) is 6.18. The molecule has 0 radical (unpaired) electrons. The first-order chi connectivity index (χ1) is 10.1. The van der Waals surface area contributed by atoms with Crippen LogP contribution in [0.25, 0.3) is 0 Å². The maximum atomic E-state index is 5.55. The van der Waals surface area contributed by atoms with Gasteiger partial charge in [0.15, 0.2) is 0 Å². The Morgan fingerprint density at radius 3 is 2.76 bits per heavy atom. The molecule has 0 saturated heterocycles. The predicted octanol–water partition coefficient (Wildman–Crippen LogP) is 4.34. The Morgan fingerprint density at radius 2 is 2.10 bits per heavy atom. The molecule has 0 amide bonds. The lowest BCUT2D eigenvalue weighted by molar-refractivity contribution is 0.104. The van der Waals surface area contributed by atoms with E-state index >= 15 is 0 Å². The van der Waals surface area contributed by atoms with E-state index in [1.165, 1.54) is 9.75 Å². The standard InChI is InChI=1S/C17H25NO2S/c1-17(2,3)16-8-7-15(21-16)12-18-9-5-10-19-13-14-6-4-11-20-14/h4,6-8,11,18H,5,9-10,12-13H2,1-3H3. The van der Waals surface area contributed by atoms with Crippen LogP contribution in [0.2, 0.25) is 0 Å². The van der Waals surface area contributed by atoms with Crippen molar-refractivity contribution in [3.05, 3.63) is 46.0 Å². The number of rotatable bonds is 8. The van der Waals surface area contributed by atoms with Crippen LogP contribution in [0.1, 0.15) is 42.7 Å². The van der Waals surface area contributed by atoms with Crippen molar-refractivity contribution in [2.45, 2.75) is 45.8 Å². The molecule has 0 unspecified atom stereocenters. The van der Waals surface area contributed by atoms with Gasteiger partial charge in [-0.2, -0.15) is 0 Å². The minimum atomic E-state index is 0.253. The molecule has 2 heterocycles. The molecule has 0 saturated carbocycles. The van der Waals surface area contributed by atoms with Gasteiger partial charge >= 0.3 is 0 Å². The van der Waals surface area contributed by atoms with Crippen molar-refractivity contribution in [2.75, 3.05) is 13.2 Å². The zero-order chi connectivity index (χ0) is 15.1. The number of hydrogen-bond acceptors (Lipinski definition) is 4. The summed E-state index contributed by atoms with van der Waals surface area (Å²) in [6, 6.07) is 8.29. The topological polar surface area (TPSA) is 34.4 Å². The molecule has 0 atom stereocenters. The van der Waals surface area contributed by atoms with E-state index < -0.39 is 0 Å². The van der Waals surface area contributed by atoms with Crippen molar-refractivity contribution >= 4 is 11.3 Å². The molecule has 0 bridgehead atoms. The van der Waals surface area contributed by atoms with Gasteiger partial charge in [0.25, 0.3) is 0 Å². The maximum absolute atomic E-state index is 5.55. The average Bonchev–Trinajstić information content (AvgIpc) is 3.07. The minimum Gasteiger partial charge on any atom is -0.467 e. The van der Waals surface area contributed by atoms with Crippen LogP contribution in [0.4, 0.5) is 0 Å². The van der Waals surface area contributed by atoms with E-state index in [1.807, 2.05) is 23.5 Å². The largest absolute Gasteiger partial charge is 0.467 e. The highest BCUT2D eigenvalue weighted by molar-refractivity contribution is 7.12. The molecule has 0 aliphatic heterocycles. The van der Waals surface area contributed by atoms with Crippen LogP contribution >= 0.6 is 11.3 Å². The normalized spacial score (nSPS) is 12.0. The van der Waals surface area contributed by atoms with Gasteiger partial charge in [0.1, 0.15) is 12.4 Å². The second-order valence-corrected chi connectivity index (χ2v) is 7.35. The predicted molar refractivity (Wildman–Crippen MR) is 87.7 cm³/mol. The number of nitrogens with one attached hydrogen (secondary N) is 1. The highest BCUT2D eigenvalue weighted by Gasteiger charge is 2.15. The lowest BCUT2D eigenvalue weighted by Crippen LogP contribution is -2.15. The van der Waals surface area contributed by atoms with Crippen molar-refractivity contribution in [2.24, 2.45) is 0 Å². The van der Waals surface area contributed by atoms with E-state index in [-0.39, 0.29) is 5.41 Å². The molecule has 2 rings (SSSR count). The maximum Gasteiger partial charge on any atom is 0.129 e. The highest BCUT2D eigenvalue weighted by atomic mass is 32.1. The third-order valence-electron chi connectivity index (χ3n) is 3.17. The van der Waals surface area contributed by atoms with Crippen LogP contribution in [-0.2, 0) is 23.3 Å². The summed E-state index contributed by atoms with van der Waals surface area (Å²) in [6.45, 7) is 10.0. The molecule has 0 aromatic carbocycles. The van der Waals surface area contributed by atoms with Crippen LogP contribution in [0, 0.1) is 0 Å². The van der Waals surface area contributed by atoms with Crippen LogP contribution in [0.15, 0.2) is 34.9 Å². The first-order valence-corrected chi connectivity index (χ1v) is 8.27. The van der Waals surface area contributed by atoms with Gasteiger partial charge in [-0.15, -0.1) is 11.3 Å². The molecule has 2 aromatic rings. The summed E-state index contributed by atoms with van der Waals surface area (Å²) in [5.74, 6) is 0.885. The molecule has 116 valence electrons. The molecule has 3 nitrogen and oxygen atoms in total. The van der Waals surface area contributed by atoms with Crippen molar-refractivity contribution in [3.63, 3.8) is 0 Å². The van der Waals surface area contributed by atoms with Crippen LogP contribution in [-0.4, -0.2) is 13.2 Å². The summed E-state index contributed by atoms with van der Waals surface area (Å²) in [5, 5.41) is 3.47. The van der Waals surface area contributed by atoms with Gasteiger partial charge in [0.05, 0.1) is 6.26 Å². The van der Waals surface area contributed by atoms with E-state index in [4.69, 9.17) is 9.15 Å². The number of hydrogen-bond donors (Lipinski definition) is 1. The van der Waals surface area contributed by atoms with Gasteiger partial charge in [0, 0.05) is 22.9 Å². The molecule has 0 aliphatic carbocycles. The monoisotopic (exact) mass is 307 g/mol. The Morgan fingerprint density at radius 1 is 1.24 bits per heavy atom. The number of thiophene rings is 1. The lowest BCUT2D eigenvalue weighted by Gasteiger charge is -2.15. The zero-order valence-corrected chi connectivity index (χ0v) is 14.0. The summed E-state index contributed by atoms with van der Waals surface area (Å²) < 4.78 is 10.8. The number of furan rings is 1. The SMILES string of the molecule is CC(C)(C)c1ccc(CNCCCOCc2ccco2)s1. The Bertz CT molecular complexity index is 511. The van der Waals surface area contributed by atoms with Gasteiger partial charge < -0.3 is 14.5 Å². The fourth-order valence-corrected chi connectivity index (χ4v) is 2.99. The third kappa shape index (κ3) is 5.65. The lowest BCUT2D eigenvalue weighted by atomic mass is 9.95. The summed E-state index contributed by atoms with van der Waals surface area (Å²) in [4.78, 5) is 2.84. The number of ether oxygens (including phenoxy) is 1. The molecule has 1 N–H and O–H groups in total. The van der Waals surface area contributed by atoms with Gasteiger partial charge in [-0.25, -0.2) is 0 Å². The van der Waals surface area contributed by atoms with Gasteiger partial charge in [-0.1, -0.05) is 20.8 Å². The molecule has 2 aromatic heterocycles. The fourth-order valence-electron chi connectivity index (χ4n) is 1.95. The van der Waals surface area contributed by atoms with Crippen molar-refractivity contribution < 1.29 is 9.15 Å². The third-order valence-corrected chi connectivity index (χ3v) is 4.68. The molecular formula is C17H25NO2S. The highest BCUT2D eigenvalue weighted by Crippen LogP contribution is 2.29. The van der Waals surface area contributed by atoms with E-state index in [9.17, 15) is 0 Å². The Kier molecular flexibility index (Phi) is 6.03. The molecule has 0 spiro atoms. The Labute approximate surface area is 131 Å².